The first-order valence-electron chi connectivity index (χ1n) is 4.18. The Bertz CT molecular complexity index is 118. The van der Waals surface area contributed by atoms with Gasteiger partial charge in [0.1, 0.15) is 0 Å². The van der Waals surface area contributed by atoms with Gasteiger partial charge in [-0.3, -0.25) is 0 Å². The molecule has 0 aromatic heterocycles. The molecular weight excluding hydrogens is 120 g/mol. The van der Waals surface area contributed by atoms with Crippen molar-refractivity contribution in [3.8, 4) is 0 Å². The van der Waals surface area contributed by atoms with Crippen molar-refractivity contribution in [1.82, 2.24) is 0 Å². The number of allylic oxidation sites excluding steroid dienone is 2. The maximum Gasteiger partial charge on any atom is -0.0148 e. The minimum absolute atomic E-state index is 0.420. The summed E-state index contributed by atoms with van der Waals surface area (Å²) in [6.45, 7) is 11.2. The molecule has 0 aromatic carbocycles. The molecule has 0 unspecified atom stereocenters. The Morgan fingerprint density at radius 2 is 1.90 bits per heavy atom. The Kier molecular flexibility index (Phi) is 3.70. The topological polar surface area (TPSA) is 0 Å². The molecule has 0 aliphatic rings. The van der Waals surface area contributed by atoms with E-state index in [0.29, 0.717) is 5.41 Å². The van der Waals surface area contributed by atoms with Crippen molar-refractivity contribution in [2.75, 3.05) is 0 Å². The molecule has 0 N–H and O–H groups in total. The van der Waals surface area contributed by atoms with Crippen LogP contribution >= 0.6 is 0 Å². The lowest BCUT2D eigenvalue weighted by Gasteiger charge is -2.24. The van der Waals surface area contributed by atoms with Crippen molar-refractivity contribution in [2.45, 2.75) is 47.5 Å². The van der Waals surface area contributed by atoms with E-state index in [9.17, 15) is 0 Å². The van der Waals surface area contributed by atoms with Crippen LogP contribution in [0.1, 0.15) is 47.5 Å². The molecule has 0 radical (unpaired) electrons. The van der Waals surface area contributed by atoms with Crippen molar-refractivity contribution >= 4 is 0 Å². The van der Waals surface area contributed by atoms with Gasteiger partial charge in [-0.2, -0.15) is 0 Å². The van der Waals surface area contributed by atoms with Crippen LogP contribution in [0.4, 0.5) is 0 Å². The van der Waals surface area contributed by atoms with Crippen molar-refractivity contribution < 1.29 is 0 Å². The van der Waals surface area contributed by atoms with Gasteiger partial charge in [0.2, 0.25) is 0 Å². The quantitative estimate of drug-likeness (QED) is 0.523. The van der Waals surface area contributed by atoms with E-state index in [1.54, 1.807) is 0 Å². The molecule has 0 bridgehead atoms. The molecule has 0 heterocycles. The molecule has 60 valence electrons. The normalized spacial score (nSPS) is 13.9. The molecule has 10 heavy (non-hydrogen) atoms. The van der Waals surface area contributed by atoms with E-state index >= 15 is 0 Å². The van der Waals surface area contributed by atoms with E-state index in [0.717, 1.165) is 0 Å². The zero-order valence-corrected chi connectivity index (χ0v) is 7.99. The summed E-state index contributed by atoms with van der Waals surface area (Å²) in [4.78, 5) is 0. The van der Waals surface area contributed by atoms with Gasteiger partial charge in [0.25, 0.3) is 0 Å². The van der Waals surface area contributed by atoms with E-state index in [2.05, 4.69) is 40.7 Å². The second kappa shape index (κ2) is 3.80. The molecular formula is C10H20. The van der Waals surface area contributed by atoms with Crippen LogP contribution in [0, 0.1) is 5.41 Å². The predicted octanol–water partition coefficient (Wildman–Crippen LogP) is 3.78. The van der Waals surface area contributed by atoms with Gasteiger partial charge in [-0.1, -0.05) is 38.8 Å². The van der Waals surface area contributed by atoms with E-state index in [1.807, 2.05) is 0 Å². The zero-order chi connectivity index (χ0) is 8.20. The Balaban J connectivity index is 4.10. The first-order valence-corrected chi connectivity index (χ1v) is 4.18. The first-order chi connectivity index (χ1) is 4.54. The van der Waals surface area contributed by atoms with E-state index in [1.165, 1.54) is 18.4 Å². The minimum Gasteiger partial charge on any atom is -0.0882 e. The van der Waals surface area contributed by atoms with Crippen LogP contribution in [0.3, 0.4) is 0 Å². The number of hydrogen-bond acceptors (Lipinski definition) is 0. The van der Waals surface area contributed by atoms with Gasteiger partial charge in [0.05, 0.1) is 0 Å². The molecule has 0 nitrogen and oxygen atoms in total. The summed E-state index contributed by atoms with van der Waals surface area (Å²) in [7, 11) is 0. The standard InChI is InChI=1S/C10H20/c1-6-8-10(4,5)9(3)7-2/h7H,6,8H2,1-5H3/b9-7+. The Hall–Kier alpha value is -0.260. The van der Waals surface area contributed by atoms with Crippen LogP contribution in [-0.4, -0.2) is 0 Å². The van der Waals surface area contributed by atoms with E-state index in [-0.39, 0.29) is 0 Å². The van der Waals surface area contributed by atoms with E-state index in [4.69, 9.17) is 0 Å². The average Bonchev–Trinajstić information content (AvgIpc) is 1.86. The summed E-state index contributed by atoms with van der Waals surface area (Å²) in [5.41, 5.74) is 1.93. The fourth-order valence-corrected chi connectivity index (χ4v) is 1.21. The second-order valence-electron chi connectivity index (χ2n) is 3.61. The summed E-state index contributed by atoms with van der Waals surface area (Å²) in [5, 5.41) is 0. The van der Waals surface area contributed by atoms with Crippen LogP contribution in [0.25, 0.3) is 0 Å². The molecule has 0 atom stereocenters. The molecule has 0 saturated carbocycles. The Morgan fingerprint density at radius 3 is 2.20 bits per heavy atom. The zero-order valence-electron chi connectivity index (χ0n) is 7.99. The molecule has 0 spiro atoms. The highest BCUT2D eigenvalue weighted by molar-refractivity contribution is 5.07. The van der Waals surface area contributed by atoms with Gasteiger partial charge < -0.3 is 0 Å². The summed E-state index contributed by atoms with van der Waals surface area (Å²) >= 11 is 0. The van der Waals surface area contributed by atoms with Crippen LogP contribution < -0.4 is 0 Å². The van der Waals surface area contributed by atoms with Crippen LogP contribution in [0.2, 0.25) is 0 Å². The molecule has 0 amide bonds. The smallest absolute Gasteiger partial charge is 0.0148 e. The van der Waals surface area contributed by atoms with Gasteiger partial charge in [0.15, 0.2) is 0 Å². The van der Waals surface area contributed by atoms with E-state index < -0.39 is 0 Å². The fourth-order valence-electron chi connectivity index (χ4n) is 1.21. The third-order valence-corrected chi connectivity index (χ3v) is 2.38. The lowest BCUT2D eigenvalue weighted by atomic mass is 9.81. The van der Waals surface area contributed by atoms with Crippen LogP contribution in [0.5, 0.6) is 0 Å². The SMILES string of the molecule is C/C=C(\C)C(C)(C)CCC. The third-order valence-electron chi connectivity index (χ3n) is 2.38. The van der Waals surface area contributed by atoms with Gasteiger partial charge in [-0.25, -0.2) is 0 Å². The van der Waals surface area contributed by atoms with Gasteiger partial charge >= 0.3 is 0 Å². The van der Waals surface area contributed by atoms with Crippen LogP contribution in [0.15, 0.2) is 11.6 Å². The molecule has 0 rings (SSSR count). The average molecular weight is 140 g/mol. The molecule has 0 fully saturated rings. The lowest BCUT2D eigenvalue weighted by Crippen LogP contribution is -2.11. The highest BCUT2D eigenvalue weighted by Gasteiger charge is 2.17. The maximum absolute atomic E-state index is 2.31. The van der Waals surface area contributed by atoms with Gasteiger partial charge in [0, 0.05) is 0 Å². The minimum atomic E-state index is 0.420. The Morgan fingerprint density at radius 1 is 1.40 bits per heavy atom. The first kappa shape index (κ1) is 9.74. The van der Waals surface area contributed by atoms with Gasteiger partial charge in [-0.05, 0) is 25.7 Å². The molecule has 0 heteroatoms. The Labute approximate surface area is 65.3 Å². The number of hydrogen-bond donors (Lipinski definition) is 0. The number of rotatable bonds is 3. The largest absolute Gasteiger partial charge is 0.0882 e. The van der Waals surface area contributed by atoms with Crippen molar-refractivity contribution in [3.63, 3.8) is 0 Å². The highest BCUT2D eigenvalue weighted by Crippen LogP contribution is 2.30. The molecule has 0 aliphatic carbocycles. The molecule has 0 aliphatic heterocycles. The van der Waals surface area contributed by atoms with Crippen molar-refractivity contribution in [3.05, 3.63) is 11.6 Å². The van der Waals surface area contributed by atoms with Crippen molar-refractivity contribution in [2.24, 2.45) is 5.41 Å². The van der Waals surface area contributed by atoms with Crippen molar-refractivity contribution in [1.29, 1.82) is 0 Å². The monoisotopic (exact) mass is 140 g/mol. The lowest BCUT2D eigenvalue weighted by molar-refractivity contribution is 0.402. The highest BCUT2D eigenvalue weighted by atomic mass is 14.2. The molecule has 0 aromatic rings. The predicted molar refractivity (Wildman–Crippen MR) is 48.1 cm³/mol. The van der Waals surface area contributed by atoms with Gasteiger partial charge in [-0.15, -0.1) is 0 Å². The summed E-state index contributed by atoms with van der Waals surface area (Å²) in [6.07, 6.45) is 4.79. The summed E-state index contributed by atoms with van der Waals surface area (Å²) < 4.78 is 0. The van der Waals surface area contributed by atoms with Crippen LogP contribution in [-0.2, 0) is 0 Å². The summed E-state index contributed by atoms with van der Waals surface area (Å²) in [5.74, 6) is 0. The third kappa shape index (κ3) is 2.55. The molecule has 0 saturated heterocycles. The second-order valence-corrected chi connectivity index (χ2v) is 3.61. The maximum atomic E-state index is 2.31. The summed E-state index contributed by atoms with van der Waals surface area (Å²) in [6, 6.07) is 0. The fraction of sp³-hybridized carbons (Fsp3) is 0.800.